The largest absolute Gasteiger partial charge is 0.459 e. The summed E-state index contributed by atoms with van der Waals surface area (Å²) in [6, 6.07) is 20.7. The number of rotatable bonds is 6. The summed E-state index contributed by atoms with van der Waals surface area (Å²) in [5, 5.41) is 6.47. The van der Waals surface area contributed by atoms with E-state index in [9.17, 15) is 9.59 Å². The Balaban J connectivity index is 1.37. The van der Waals surface area contributed by atoms with Crippen LogP contribution < -0.4 is 10.9 Å². The van der Waals surface area contributed by atoms with Crippen LogP contribution in [-0.4, -0.2) is 15.5 Å². The fraction of sp³-hybridized carbons (Fsp3) is 0.125. The second-order valence-electron chi connectivity index (χ2n) is 7.23. The molecule has 0 aliphatic rings. The number of amides is 1. The highest BCUT2D eigenvalue weighted by molar-refractivity contribution is 7.16. The van der Waals surface area contributed by atoms with Crippen LogP contribution in [0.3, 0.4) is 0 Å². The predicted octanol–water partition coefficient (Wildman–Crippen LogP) is 4.50. The minimum atomic E-state index is -0.421. The highest BCUT2D eigenvalue weighted by Gasteiger charge is 2.21. The monoisotopic (exact) mass is 429 g/mol. The number of furan rings is 1. The molecule has 31 heavy (non-hydrogen) atoms. The molecular formula is C24H19N3O3S. The first-order valence-corrected chi connectivity index (χ1v) is 10.8. The minimum absolute atomic E-state index is 0.129. The molecule has 1 atom stereocenters. The topological polar surface area (TPSA) is 77.1 Å². The van der Waals surface area contributed by atoms with Gasteiger partial charge in [-0.3, -0.25) is 14.2 Å². The Labute approximate surface area is 181 Å². The molecule has 0 aliphatic heterocycles. The van der Waals surface area contributed by atoms with Gasteiger partial charge in [0.1, 0.15) is 22.2 Å². The molecule has 1 amide bonds. The summed E-state index contributed by atoms with van der Waals surface area (Å²) in [7, 11) is 0. The van der Waals surface area contributed by atoms with E-state index in [0.29, 0.717) is 16.0 Å². The van der Waals surface area contributed by atoms with Crippen LogP contribution in [0.1, 0.15) is 23.8 Å². The zero-order valence-electron chi connectivity index (χ0n) is 16.5. The van der Waals surface area contributed by atoms with Gasteiger partial charge in [-0.15, -0.1) is 11.3 Å². The second-order valence-corrected chi connectivity index (χ2v) is 8.12. The number of aryl methyl sites for hydroxylation is 1. The van der Waals surface area contributed by atoms with Gasteiger partial charge in [-0.25, -0.2) is 4.98 Å². The zero-order chi connectivity index (χ0) is 21.2. The Morgan fingerprint density at radius 3 is 2.74 bits per heavy atom. The summed E-state index contributed by atoms with van der Waals surface area (Å²) >= 11 is 1.43. The van der Waals surface area contributed by atoms with Gasteiger partial charge in [0, 0.05) is 18.4 Å². The van der Waals surface area contributed by atoms with E-state index in [0.717, 1.165) is 16.5 Å². The number of carbonyl (C=O) groups excluding carboxylic acids is 1. The molecule has 1 unspecified atom stereocenters. The van der Waals surface area contributed by atoms with E-state index in [4.69, 9.17) is 4.42 Å². The van der Waals surface area contributed by atoms with Gasteiger partial charge in [0.15, 0.2) is 0 Å². The quantitative estimate of drug-likeness (QED) is 0.431. The van der Waals surface area contributed by atoms with E-state index in [2.05, 4.69) is 10.3 Å². The third-order valence-corrected chi connectivity index (χ3v) is 6.02. The molecular weight excluding hydrogens is 410 g/mol. The van der Waals surface area contributed by atoms with Gasteiger partial charge in [0.25, 0.3) is 5.56 Å². The highest BCUT2D eigenvalue weighted by Crippen LogP contribution is 2.28. The molecule has 7 heteroatoms. The van der Waals surface area contributed by atoms with Gasteiger partial charge in [0.05, 0.1) is 11.7 Å². The maximum Gasteiger partial charge on any atom is 0.262 e. The molecule has 1 N–H and O–H groups in total. The van der Waals surface area contributed by atoms with Crippen molar-refractivity contribution in [1.82, 2.24) is 14.9 Å². The van der Waals surface area contributed by atoms with Gasteiger partial charge >= 0.3 is 0 Å². The van der Waals surface area contributed by atoms with Crippen LogP contribution in [0.15, 0.2) is 87.6 Å². The number of hydrogen-bond acceptors (Lipinski definition) is 5. The van der Waals surface area contributed by atoms with Crippen molar-refractivity contribution < 1.29 is 9.21 Å². The molecule has 3 aromatic heterocycles. The average Bonchev–Trinajstić information content (AvgIpc) is 3.45. The fourth-order valence-electron chi connectivity index (χ4n) is 3.62. The third kappa shape index (κ3) is 3.87. The number of carbonyl (C=O) groups is 1. The number of nitrogens with zero attached hydrogens (tertiary/aromatic N) is 2. The lowest BCUT2D eigenvalue weighted by Gasteiger charge is -2.17. The lowest BCUT2D eigenvalue weighted by molar-refractivity contribution is -0.121. The first-order chi connectivity index (χ1) is 15.2. The molecule has 0 saturated heterocycles. The number of para-hydroxylation sites is 1. The van der Waals surface area contributed by atoms with Crippen LogP contribution >= 0.6 is 11.3 Å². The SMILES string of the molecule is O=C(CCn1cnc2sccc2c1=O)NC(c1ccccc1)c1cc2ccccc2o1. The van der Waals surface area contributed by atoms with Crippen molar-refractivity contribution in [2.45, 2.75) is 19.0 Å². The summed E-state index contributed by atoms with van der Waals surface area (Å²) in [6.07, 6.45) is 1.66. The Kier molecular flexibility index (Phi) is 5.09. The molecule has 2 aromatic carbocycles. The fourth-order valence-corrected chi connectivity index (χ4v) is 4.34. The third-order valence-electron chi connectivity index (χ3n) is 5.20. The molecule has 0 saturated carbocycles. The van der Waals surface area contributed by atoms with E-state index >= 15 is 0 Å². The van der Waals surface area contributed by atoms with Gasteiger partial charge < -0.3 is 9.73 Å². The molecule has 0 fully saturated rings. The number of aromatic nitrogens is 2. The van der Waals surface area contributed by atoms with Gasteiger partial charge in [-0.1, -0.05) is 48.5 Å². The number of fused-ring (bicyclic) bond motifs is 2. The van der Waals surface area contributed by atoms with Crippen LogP contribution in [0.4, 0.5) is 0 Å². The van der Waals surface area contributed by atoms with Gasteiger partial charge in [-0.05, 0) is 29.1 Å². The standard InChI is InChI=1S/C24H19N3O3S/c28-21(10-12-27-15-25-23-18(24(27)29)11-13-31-23)26-22(16-6-2-1-3-7-16)20-14-17-8-4-5-9-19(17)30-20/h1-9,11,13-15,22H,10,12H2,(H,26,28). The first-order valence-electron chi connectivity index (χ1n) is 9.94. The Bertz CT molecular complexity index is 1390. The minimum Gasteiger partial charge on any atom is -0.459 e. The maximum atomic E-state index is 12.8. The lowest BCUT2D eigenvalue weighted by atomic mass is 10.0. The molecule has 6 nitrogen and oxygen atoms in total. The Morgan fingerprint density at radius 1 is 1.10 bits per heavy atom. The van der Waals surface area contributed by atoms with Crippen molar-refractivity contribution in [3.05, 3.63) is 100 Å². The second kappa shape index (κ2) is 8.20. The normalized spacial score (nSPS) is 12.3. The average molecular weight is 430 g/mol. The van der Waals surface area contributed by atoms with Crippen LogP contribution in [0.5, 0.6) is 0 Å². The molecule has 0 radical (unpaired) electrons. The van der Waals surface area contributed by atoms with Crippen LogP contribution in [0.2, 0.25) is 0 Å². The highest BCUT2D eigenvalue weighted by atomic mass is 32.1. The molecule has 5 aromatic rings. The summed E-state index contributed by atoms with van der Waals surface area (Å²) < 4.78 is 7.51. The zero-order valence-corrected chi connectivity index (χ0v) is 17.3. The van der Waals surface area contributed by atoms with Crippen molar-refractivity contribution >= 4 is 38.4 Å². The molecule has 0 aliphatic carbocycles. The molecule has 3 heterocycles. The number of thiophene rings is 1. The number of benzene rings is 2. The van der Waals surface area contributed by atoms with Crippen molar-refractivity contribution in [2.24, 2.45) is 0 Å². The molecule has 0 spiro atoms. The Hall–Kier alpha value is -3.71. The van der Waals surface area contributed by atoms with Gasteiger partial charge in [0.2, 0.25) is 5.91 Å². The molecule has 5 rings (SSSR count). The first kappa shape index (κ1) is 19.3. The van der Waals surface area contributed by atoms with Crippen molar-refractivity contribution in [3.8, 4) is 0 Å². The van der Waals surface area contributed by atoms with E-state index in [1.54, 1.807) is 6.07 Å². The molecule has 154 valence electrons. The molecule has 0 bridgehead atoms. The van der Waals surface area contributed by atoms with Crippen LogP contribution in [0.25, 0.3) is 21.2 Å². The lowest BCUT2D eigenvalue weighted by Crippen LogP contribution is -2.31. The predicted molar refractivity (Wildman–Crippen MR) is 121 cm³/mol. The number of hydrogen-bond donors (Lipinski definition) is 1. The van der Waals surface area contributed by atoms with E-state index < -0.39 is 6.04 Å². The smallest absolute Gasteiger partial charge is 0.262 e. The summed E-state index contributed by atoms with van der Waals surface area (Å²) in [5.41, 5.74) is 1.57. The van der Waals surface area contributed by atoms with E-state index in [-0.39, 0.29) is 24.4 Å². The van der Waals surface area contributed by atoms with Crippen LogP contribution in [-0.2, 0) is 11.3 Å². The van der Waals surface area contributed by atoms with Crippen molar-refractivity contribution in [2.75, 3.05) is 0 Å². The van der Waals surface area contributed by atoms with E-state index in [1.165, 1.54) is 22.2 Å². The summed E-state index contributed by atoms with van der Waals surface area (Å²) in [6.45, 7) is 0.255. The van der Waals surface area contributed by atoms with E-state index in [1.807, 2.05) is 66.0 Å². The summed E-state index contributed by atoms with van der Waals surface area (Å²) in [4.78, 5) is 30.4. The van der Waals surface area contributed by atoms with Crippen LogP contribution in [0, 0.1) is 0 Å². The maximum absolute atomic E-state index is 12.8. The Morgan fingerprint density at radius 2 is 1.90 bits per heavy atom. The van der Waals surface area contributed by atoms with Crippen molar-refractivity contribution in [3.63, 3.8) is 0 Å². The van der Waals surface area contributed by atoms with Gasteiger partial charge in [-0.2, -0.15) is 0 Å². The summed E-state index contributed by atoms with van der Waals surface area (Å²) in [5.74, 6) is 0.492. The van der Waals surface area contributed by atoms with Crippen molar-refractivity contribution in [1.29, 1.82) is 0 Å². The number of nitrogens with one attached hydrogen (secondary N) is 1.